The normalized spacial score (nSPS) is 20.2. The summed E-state index contributed by atoms with van der Waals surface area (Å²) in [5.74, 6) is 0.465. The molecule has 1 amide bonds. The molecule has 0 aliphatic carbocycles. The molecule has 134 valence electrons. The highest BCUT2D eigenvalue weighted by Crippen LogP contribution is 2.22. The van der Waals surface area contributed by atoms with Crippen LogP contribution >= 0.6 is 0 Å². The average Bonchev–Trinajstić information content (AvgIpc) is 2.54. The first-order valence-electron chi connectivity index (χ1n) is 8.72. The number of carbonyl (C=O) groups is 1. The highest BCUT2D eigenvalue weighted by Gasteiger charge is 2.25. The zero-order valence-corrected chi connectivity index (χ0v) is 15.2. The summed E-state index contributed by atoms with van der Waals surface area (Å²) in [5.41, 5.74) is 0.954. The van der Waals surface area contributed by atoms with Crippen molar-refractivity contribution in [3.63, 3.8) is 0 Å². The molecule has 0 spiro atoms. The number of likely N-dealkylation sites (N-methyl/N-ethyl adjacent to an activating group) is 1. The van der Waals surface area contributed by atoms with Crippen molar-refractivity contribution in [1.82, 2.24) is 9.80 Å². The van der Waals surface area contributed by atoms with E-state index in [0.29, 0.717) is 25.6 Å². The molecule has 0 unspecified atom stereocenters. The molecule has 1 heterocycles. The van der Waals surface area contributed by atoms with Gasteiger partial charge in [-0.1, -0.05) is 26.0 Å². The third-order valence-corrected chi connectivity index (χ3v) is 4.62. The summed E-state index contributed by atoms with van der Waals surface area (Å²) in [6.45, 7) is 8.83. The van der Waals surface area contributed by atoms with Gasteiger partial charge in [-0.3, -0.25) is 9.69 Å². The maximum absolute atomic E-state index is 13.1. The number of morpholine rings is 1. The zero-order valence-electron chi connectivity index (χ0n) is 15.2. The van der Waals surface area contributed by atoms with Crippen LogP contribution in [0.2, 0.25) is 0 Å². The van der Waals surface area contributed by atoms with E-state index >= 15 is 0 Å². The van der Waals surface area contributed by atoms with Gasteiger partial charge in [0, 0.05) is 26.2 Å². The monoisotopic (exact) mass is 336 g/mol. The number of ether oxygens (including phenoxy) is 1. The van der Waals surface area contributed by atoms with E-state index in [0.717, 1.165) is 18.5 Å². The van der Waals surface area contributed by atoms with E-state index in [1.165, 1.54) is 12.1 Å². The van der Waals surface area contributed by atoms with Crippen molar-refractivity contribution in [3.05, 3.63) is 35.6 Å². The number of carbonyl (C=O) groups excluding carboxylic acids is 1. The van der Waals surface area contributed by atoms with Gasteiger partial charge in [0.1, 0.15) is 5.82 Å². The fourth-order valence-corrected chi connectivity index (χ4v) is 3.11. The van der Waals surface area contributed by atoms with Crippen LogP contribution in [0.5, 0.6) is 0 Å². The van der Waals surface area contributed by atoms with E-state index in [2.05, 4.69) is 25.7 Å². The predicted molar refractivity (Wildman–Crippen MR) is 93.2 cm³/mol. The van der Waals surface area contributed by atoms with Crippen molar-refractivity contribution in [2.45, 2.75) is 39.3 Å². The van der Waals surface area contributed by atoms with Crippen LogP contribution in [0.25, 0.3) is 0 Å². The Hall–Kier alpha value is -1.46. The Morgan fingerprint density at radius 2 is 2.00 bits per heavy atom. The molecule has 0 saturated carbocycles. The second-order valence-electron chi connectivity index (χ2n) is 7.13. The van der Waals surface area contributed by atoms with Crippen LogP contribution in [-0.4, -0.2) is 55.0 Å². The molecule has 1 aliphatic rings. The number of hydrogen-bond donors (Lipinski definition) is 0. The van der Waals surface area contributed by atoms with Crippen LogP contribution in [0, 0.1) is 11.7 Å². The van der Waals surface area contributed by atoms with E-state index in [-0.39, 0.29) is 23.9 Å². The topological polar surface area (TPSA) is 32.8 Å². The van der Waals surface area contributed by atoms with E-state index in [1.807, 2.05) is 11.9 Å². The van der Waals surface area contributed by atoms with Crippen molar-refractivity contribution < 1.29 is 13.9 Å². The molecule has 4 nitrogen and oxygen atoms in total. The summed E-state index contributed by atoms with van der Waals surface area (Å²) in [4.78, 5) is 16.5. The molecule has 1 aromatic carbocycles. The largest absolute Gasteiger partial charge is 0.371 e. The van der Waals surface area contributed by atoms with Crippen LogP contribution in [0.1, 0.15) is 38.9 Å². The lowest BCUT2D eigenvalue weighted by molar-refractivity contribution is -0.135. The van der Waals surface area contributed by atoms with Gasteiger partial charge in [0.05, 0.1) is 19.3 Å². The van der Waals surface area contributed by atoms with Gasteiger partial charge in [-0.05, 0) is 37.0 Å². The van der Waals surface area contributed by atoms with Crippen LogP contribution < -0.4 is 0 Å². The summed E-state index contributed by atoms with van der Waals surface area (Å²) in [5, 5.41) is 0. The minimum atomic E-state index is -0.248. The zero-order chi connectivity index (χ0) is 17.7. The Bertz CT molecular complexity index is 533. The van der Waals surface area contributed by atoms with Crippen LogP contribution in [0.3, 0.4) is 0 Å². The molecular weight excluding hydrogens is 307 g/mol. The van der Waals surface area contributed by atoms with Crippen LogP contribution in [0.15, 0.2) is 24.3 Å². The second kappa shape index (κ2) is 8.58. The first-order valence-corrected chi connectivity index (χ1v) is 8.72. The lowest BCUT2D eigenvalue weighted by Crippen LogP contribution is -2.46. The molecule has 2 atom stereocenters. The van der Waals surface area contributed by atoms with Gasteiger partial charge in [0.15, 0.2) is 0 Å². The number of rotatable bonds is 6. The summed E-state index contributed by atoms with van der Waals surface area (Å²) in [7, 11) is 1.88. The smallest absolute Gasteiger partial charge is 0.236 e. The molecule has 1 fully saturated rings. The quantitative estimate of drug-likeness (QED) is 0.800. The van der Waals surface area contributed by atoms with Gasteiger partial charge in [0.25, 0.3) is 0 Å². The van der Waals surface area contributed by atoms with Gasteiger partial charge < -0.3 is 9.64 Å². The fourth-order valence-electron chi connectivity index (χ4n) is 3.11. The number of benzene rings is 1. The van der Waals surface area contributed by atoms with Crippen molar-refractivity contribution in [3.8, 4) is 0 Å². The van der Waals surface area contributed by atoms with Gasteiger partial charge in [-0.2, -0.15) is 0 Å². The van der Waals surface area contributed by atoms with Gasteiger partial charge in [0.2, 0.25) is 5.91 Å². The predicted octanol–water partition coefficient (Wildman–Crippen LogP) is 3.09. The summed E-state index contributed by atoms with van der Waals surface area (Å²) < 4.78 is 18.8. The van der Waals surface area contributed by atoms with E-state index in [1.54, 1.807) is 12.1 Å². The Morgan fingerprint density at radius 3 is 2.62 bits per heavy atom. The summed E-state index contributed by atoms with van der Waals surface area (Å²) in [6, 6.07) is 6.64. The van der Waals surface area contributed by atoms with Gasteiger partial charge in [-0.25, -0.2) is 4.39 Å². The Kier molecular flexibility index (Phi) is 6.75. The first kappa shape index (κ1) is 18.9. The Morgan fingerprint density at radius 1 is 1.33 bits per heavy atom. The number of halogens is 1. The Labute approximate surface area is 144 Å². The molecule has 1 aromatic rings. The van der Waals surface area contributed by atoms with E-state index in [9.17, 15) is 9.18 Å². The molecule has 1 saturated heterocycles. The summed E-state index contributed by atoms with van der Waals surface area (Å²) in [6.07, 6.45) is 0.898. The lowest BCUT2D eigenvalue weighted by Gasteiger charge is -2.34. The maximum Gasteiger partial charge on any atom is 0.236 e. The SMILES string of the molecule is CC(C)C[C@@H](C)N(C)C(=O)CN1CCO[C@@H](c2ccc(F)cc2)C1. The highest BCUT2D eigenvalue weighted by molar-refractivity contribution is 5.78. The molecule has 24 heavy (non-hydrogen) atoms. The first-order chi connectivity index (χ1) is 11.4. The molecule has 1 aliphatic heterocycles. The van der Waals surface area contributed by atoms with Crippen molar-refractivity contribution in [2.24, 2.45) is 5.92 Å². The molecule has 0 aromatic heterocycles. The minimum Gasteiger partial charge on any atom is -0.371 e. The summed E-state index contributed by atoms with van der Waals surface area (Å²) >= 11 is 0. The molecule has 2 rings (SSSR count). The molecule has 0 bridgehead atoms. The van der Waals surface area contributed by atoms with E-state index < -0.39 is 0 Å². The van der Waals surface area contributed by atoms with E-state index in [4.69, 9.17) is 4.74 Å². The number of amides is 1. The maximum atomic E-state index is 13.1. The van der Waals surface area contributed by atoms with Gasteiger partial charge in [-0.15, -0.1) is 0 Å². The number of nitrogens with zero attached hydrogens (tertiary/aromatic N) is 2. The third-order valence-electron chi connectivity index (χ3n) is 4.62. The minimum absolute atomic E-state index is 0.106. The van der Waals surface area contributed by atoms with Crippen LogP contribution in [0.4, 0.5) is 4.39 Å². The molecule has 5 heteroatoms. The van der Waals surface area contributed by atoms with Crippen molar-refractivity contribution in [1.29, 1.82) is 0 Å². The standard InChI is InChI=1S/C19H29FN2O2/c1-14(2)11-15(3)21(4)19(23)13-22-9-10-24-18(12-22)16-5-7-17(20)8-6-16/h5-8,14-15,18H,9-13H2,1-4H3/t15-,18-/m1/s1. The Balaban J connectivity index is 1.90. The number of hydrogen-bond acceptors (Lipinski definition) is 3. The molecular formula is C19H29FN2O2. The molecule has 0 radical (unpaired) electrons. The van der Waals surface area contributed by atoms with Gasteiger partial charge >= 0.3 is 0 Å². The highest BCUT2D eigenvalue weighted by atomic mass is 19.1. The lowest BCUT2D eigenvalue weighted by atomic mass is 10.0. The fraction of sp³-hybridized carbons (Fsp3) is 0.632. The van der Waals surface area contributed by atoms with Crippen molar-refractivity contribution >= 4 is 5.91 Å². The molecule has 0 N–H and O–H groups in total. The van der Waals surface area contributed by atoms with Crippen molar-refractivity contribution in [2.75, 3.05) is 33.3 Å². The second-order valence-corrected chi connectivity index (χ2v) is 7.13. The van der Waals surface area contributed by atoms with Crippen LogP contribution in [-0.2, 0) is 9.53 Å². The third kappa shape index (κ3) is 5.28. The average molecular weight is 336 g/mol.